The van der Waals surface area contributed by atoms with Gasteiger partial charge in [-0.3, -0.25) is 0 Å². The van der Waals surface area contributed by atoms with Gasteiger partial charge in [0.1, 0.15) is 0 Å². The molecule has 6 heteroatoms. The number of rotatable bonds is 3. The smallest absolute Gasteiger partial charge is 0.358 e. The van der Waals surface area contributed by atoms with E-state index in [1.54, 1.807) is 6.20 Å². The highest BCUT2D eigenvalue weighted by atomic mass is 32.2. The number of fused-ring (bicyclic) bond motifs is 2. The zero-order chi connectivity index (χ0) is 13.4. The maximum Gasteiger partial charge on any atom is 0.363 e. The molecule has 0 amide bonds. The van der Waals surface area contributed by atoms with Crippen LogP contribution >= 0.6 is 11.8 Å². The summed E-state index contributed by atoms with van der Waals surface area (Å²) in [4.78, 5) is 17.6. The minimum absolute atomic E-state index is 0.0761. The molecule has 102 valence electrons. The summed E-state index contributed by atoms with van der Waals surface area (Å²) in [6.07, 6.45) is 6.69. The van der Waals surface area contributed by atoms with Gasteiger partial charge in [0.2, 0.25) is 0 Å². The first-order valence-electron chi connectivity index (χ1n) is 6.62. The van der Waals surface area contributed by atoms with Gasteiger partial charge in [-0.2, -0.15) is 0 Å². The summed E-state index contributed by atoms with van der Waals surface area (Å²) in [6.45, 7) is 0. The van der Waals surface area contributed by atoms with Crippen LogP contribution in [0.3, 0.4) is 0 Å². The summed E-state index contributed by atoms with van der Waals surface area (Å²) < 4.78 is 0. The highest BCUT2D eigenvalue weighted by Gasteiger charge is 2.38. The Kier molecular flexibility index (Phi) is 3.45. The zero-order valence-corrected chi connectivity index (χ0v) is 11.7. The Bertz CT molecular complexity index is 465. The minimum atomic E-state index is -0.454. The van der Waals surface area contributed by atoms with Crippen LogP contribution in [0.1, 0.15) is 25.7 Å². The second kappa shape index (κ2) is 5.09. The van der Waals surface area contributed by atoms with Gasteiger partial charge in [0.25, 0.3) is 0 Å². The SMILES string of the molecule is CN1C2CCC1CC(Sc1ccc([N+](=O)[O-])nc1)C2. The first kappa shape index (κ1) is 12.9. The van der Waals surface area contributed by atoms with E-state index >= 15 is 0 Å². The molecule has 0 spiro atoms. The quantitative estimate of drug-likeness (QED) is 0.629. The van der Waals surface area contributed by atoms with E-state index in [9.17, 15) is 10.1 Å². The number of nitrogens with zero attached hydrogens (tertiary/aromatic N) is 3. The van der Waals surface area contributed by atoms with Gasteiger partial charge in [-0.05, 0) is 48.7 Å². The van der Waals surface area contributed by atoms with Crippen molar-refractivity contribution in [2.24, 2.45) is 0 Å². The lowest BCUT2D eigenvalue weighted by Crippen LogP contribution is -2.40. The lowest BCUT2D eigenvalue weighted by atomic mass is 10.0. The Morgan fingerprint density at radius 1 is 1.37 bits per heavy atom. The van der Waals surface area contributed by atoms with Crippen LogP contribution in [0.25, 0.3) is 0 Å². The van der Waals surface area contributed by atoms with Gasteiger partial charge in [0.15, 0.2) is 6.20 Å². The van der Waals surface area contributed by atoms with E-state index in [4.69, 9.17) is 0 Å². The number of piperidine rings is 1. The van der Waals surface area contributed by atoms with E-state index in [1.807, 2.05) is 17.8 Å². The van der Waals surface area contributed by atoms with E-state index in [0.717, 1.165) is 17.0 Å². The maximum absolute atomic E-state index is 10.6. The first-order chi connectivity index (χ1) is 9.13. The molecule has 1 aromatic heterocycles. The normalized spacial score (nSPS) is 30.5. The number of hydrogen-bond acceptors (Lipinski definition) is 5. The molecule has 2 bridgehead atoms. The van der Waals surface area contributed by atoms with Crippen LogP contribution < -0.4 is 0 Å². The largest absolute Gasteiger partial charge is 0.363 e. The molecule has 2 unspecified atom stereocenters. The van der Waals surface area contributed by atoms with Crippen molar-refractivity contribution in [2.45, 2.75) is 47.9 Å². The van der Waals surface area contributed by atoms with E-state index in [2.05, 4.69) is 16.9 Å². The molecule has 0 saturated carbocycles. The molecular weight excluding hydrogens is 262 g/mol. The van der Waals surface area contributed by atoms with Crippen LogP contribution in [-0.2, 0) is 0 Å². The summed E-state index contributed by atoms with van der Waals surface area (Å²) in [5, 5.41) is 11.2. The van der Waals surface area contributed by atoms with E-state index in [1.165, 1.54) is 31.7 Å². The summed E-state index contributed by atoms with van der Waals surface area (Å²) in [6, 6.07) is 4.76. The molecule has 0 aliphatic carbocycles. The van der Waals surface area contributed by atoms with Gasteiger partial charge in [-0.25, -0.2) is 0 Å². The maximum atomic E-state index is 10.6. The van der Waals surface area contributed by atoms with Gasteiger partial charge >= 0.3 is 5.82 Å². The van der Waals surface area contributed by atoms with Gasteiger partial charge < -0.3 is 15.0 Å². The molecule has 0 radical (unpaired) electrons. The fourth-order valence-electron chi connectivity index (χ4n) is 3.20. The van der Waals surface area contributed by atoms with Gasteiger partial charge in [-0.15, -0.1) is 11.8 Å². The molecule has 0 aromatic carbocycles. The van der Waals surface area contributed by atoms with Gasteiger partial charge in [0.05, 0.1) is 4.90 Å². The predicted molar refractivity (Wildman–Crippen MR) is 74.3 cm³/mol. The predicted octanol–water partition coefficient (Wildman–Crippen LogP) is 2.71. The molecule has 2 fully saturated rings. The third-order valence-electron chi connectivity index (χ3n) is 4.27. The van der Waals surface area contributed by atoms with Crippen molar-refractivity contribution in [3.63, 3.8) is 0 Å². The van der Waals surface area contributed by atoms with Crippen LogP contribution in [0.2, 0.25) is 0 Å². The van der Waals surface area contributed by atoms with E-state index < -0.39 is 4.92 Å². The molecule has 2 aliphatic heterocycles. The second-order valence-corrected chi connectivity index (χ2v) is 6.74. The number of thioether (sulfide) groups is 1. The standard InChI is InChI=1S/C13H17N3O2S/c1-15-9-2-3-10(15)7-12(6-9)19-11-4-5-13(14-8-11)16(17)18/h4-5,8-10,12H,2-3,6-7H2,1H3. The van der Waals surface area contributed by atoms with Crippen molar-refractivity contribution in [3.8, 4) is 0 Å². The van der Waals surface area contributed by atoms with Crippen LogP contribution in [0.5, 0.6) is 0 Å². The van der Waals surface area contributed by atoms with Crippen molar-refractivity contribution in [2.75, 3.05) is 7.05 Å². The molecule has 2 aliphatic rings. The van der Waals surface area contributed by atoms with Crippen molar-refractivity contribution >= 4 is 17.6 Å². The summed E-state index contributed by atoms with van der Waals surface area (Å²) in [5.74, 6) is -0.0761. The fourth-order valence-corrected chi connectivity index (χ4v) is 4.48. The molecule has 5 nitrogen and oxygen atoms in total. The summed E-state index contributed by atoms with van der Waals surface area (Å²) in [7, 11) is 2.23. The molecule has 3 rings (SSSR count). The highest BCUT2D eigenvalue weighted by Crippen LogP contribution is 2.41. The number of pyridine rings is 1. The molecule has 2 saturated heterocycles. The molecule has 0 N–H and O–H groups in total. The van der Waals surface area contributed by atoms with Crippen molar-refractivity contribution in [1.29, 1.82) is 0 Å². The number of nitro groups is 1. The summed E-state index contributed by atoms with van der Waals surface area (Å²) in [5.41, 5.74) is 0. The van der Waals surface area contributed by atoms with Crippen molar-refractivity contribution in [3.05, 3.63) is 28.4 Å². The molecule has 3 heterocycles. The molecule has 2 atom stereocenters. The van der Waals surface area contributed by atoms with Crippen molar-refractivity contribution in [1.82, 2.24) is 9.88 Å². The van der Waals surface area contributed by atoms with Crippen molar-refractivity contribution < 1.29 is 4.92 Å². The molecule has 1 aromatic rings. The summed E-state index contributed by atoms with van der Waals surface area (Å²) >= 11 is 1.82. The second-order valence-electron chi connectivity index (χ2n) is 5.37. The van der Waals surface area contributed by atoms with E-state index in [0.29, 0.717) is 5.25 Å². The van der Waals surface area contributed by atoms with Crippen LogP contribution in [-0.4, -0.2) is 39.2 Å². The molecular formula is C13H17N3O2S. The molecule has 19 heavy (non-hydrogen) atoms. The van der Waals surface area contributed by atoms with Gasteiger partial charge in [-0.1, -0.05) is 0 Å². The average molecular weight is 279 g/mol. The Morgan fingerprint density at radius 3 is 2.58 bits per heavy atom. The number of aromatic nitrogens is 1. The third kappa shape index (κ3) is 2.60. The Labute approximate surface area is 116 Å². The lowest BCUT2D eigenvalue weighted by molar-refractivity contribution is -0.389. The Morgan fingerprint density at radius 2 is 2.05 bits per heavy atom. The topological polar surface area (TPSA) is 59.3 Å². The lowest BCUT2D eigenvalue weighted by Gasteiger charge is -2.35. The highest BCUT2D eigenvalue weighted by molar-refractivity contribution is 8.00. The fraction of sp³-hybridized carbons (Fsp3) is 0.615. The average Bonchev–Trinajstić information content (AvgIpc) is 2.63. The van der Waals surface area contributed by atoms with Crippen LogP contribution in [0.15, 0.2) is 23.2 Å². The minimum Gasteiger partial charge on any atom is -0.358 e. The van der Waals surface area contributed by atoms with E-state index in [-0.39, 0.29) is 5.82 Å². The van der Waals surface area contributed by atoms with Crippen LogP contribution in [0, 0.1) is 10.1 Å². The van der Waals surface area contributed by atoms with Gasteiger partial charge in [0, 0.05) is 23.4 Å². The number of hydrogen-bond donors (Lipinski definition) is 0. The Hall–Kier alpha value is -1.14. The third-order valence-corrected chi connectivity index (χ3v) is 5.50. The Balaban J connectivity index is 1.64. The zero-order valence-electron chi connectivity index (χ0n) is 10.9. The van der Waals surface area contributed by atoms with Crippen LogP contribution in [0.4, 0.5) is 5.82 Å². The first-order valence-corrected chi connectivity index (χ1v) is 7.50. The monoisotopic (exact) mass is 279 g/mol.